The summed E-state index contributed by atoms with van der Waals surface area (Å²) in [4.78, 5) is 19.6. The summed E-state index contributed by atoms with van der Waals surface area (Å²) in [7, 11) is 1.83. The van der Waals surface area contributed by atoms with E-state index in [-0.39, 0.29) is 12.1 Å². The molecule has 1 aromatic carbocycles. The van der Waals surface area contributed by atoms with Crippen LogP contribution < -0.4 is 5.32 Å². The Morgan fingerprint density at radius 3 is 2.59 bits per heavy atom. The van der Waals surface area contributed by atoms with Crippen molar-refractivity contribution in [2.24, 2.45) is 0 Å². The molecule has 4 nitrogen and oxygen atoms in total. The molecule has 0 aliphatic heterocycles. The van der Waals surface area contributed by atoms with Crippen LogP contribution in [0.1, 0.15) is 34.1 Å². The minimum atomic E-state index is -0.0473. The van der Waals surface area contributed by atoms with Crippen molar-refractivity contribution in [3.63, 3.8) is 0 Å². The van der Waals surface area contributed by atoms with E-state index in [9.17, 15) is 4.79 Å². The lowest BCUT2D eigenvalue weighted by atomic mass is 10.1. The predicted molar refractivity (Wildman–Crippen MR) is 91.3 cm³/mol. The lowest BCUT2D eigenvalue weighted by Crippen LogP contribution is -2.39. The minimum absolute atomic E-state index is 0.0305. The molecule has 2 amide bonds. The Labute approximate surface area is 136 Å². The van der Waals surface area contributed by atoms with Gasteiger partial charge in [0.1, 0.15) is 0 Å². The van der Waals surface area contributed by atoms with E-state index in [1.807, 2.05) is 46.0 Å². The van der Waals surface area contributed by atoms with Crippen LogP contribution in [0.15, 0.2) is 30.3 Å². The van der Waals surface area contributed by atoms with Crippen LogP contribution in [0.5, 0.6) is 0 Å². The van der Waals surface area contributed by atoms with Crippen LogP contribution in [-0.2, 0) is 6.42 Å². The molecular weight excluding hydrogens is 294 g/mol. The van der Waals surface area contributed by atoms with E-state index in [1.165, 1.54) is 5.56 Å². The Morgan fingerprint density at radius 2 is 2.00 bits per heavy atom. The molecule has 1 heterocycles. The van der Waals surface area contributed by atoms with Crippen LogP contribution in [0.25, 0.3) is 0 Å². The normalized spacial score (nSPS) is 12.0. The quantitative estimate of drug-likeness (QED) is 0.914. The van der Waals surface area contributed by atoms with Crippen molar-refractivity contribution in [2.45, 2.75) is 33.2 Å². The van der Waals surface area contributed by atoms with Gasteiger partial charge in [-0.25, -0.2) is 9.78 Å². The third-order valence-electron chi connectivity index (χ3n) is 3.75. The van der Waals surface area contributed by atoms with Crippen LogP contribution >= 0.6 is 11.3 Å². The van der Waals surface area contributed by atoms with E-state index in [4.69, 9.17) is 0 Å². The van der Waals surface area contributed by atoms with E-state index in [1.54, 1.807) is 16.2 Å². The van der Waals surface area contributed by atoms with Crippen molar-refractivity contribution in [3.8, 4) is 0 Å². The van der Waals surface area contributed by atoms with Gasteiger partial charge in [0.15, 0.2) is 0 Å². The number of aromatic nitrogens is 1. The van der Waals surface area contributed by atoms with Gasteiger partial charge in [-0.05, 0) is 32.8 Å². The van der Waals surface area contributed by atoms with Crippen LogP contribution in [0.3, 0.4) is 0 Å². The molecule has 0 aliphatic carbocycles. The average molecular weight is 317 g/mol. The molecule has 118 valence electrons. The SMILES string of the molecule is Cc1nc(C)c([C@@H](C)N(C)C(=O)NCCc2ccccc2)s1. The number of carbonyl (C=O) groups excluding carboxylic acids is 1. The molecule has 0 bridgehead atoms. The number of urea groups is 1. The molecule has 1 aromatic heterocycles. The van der Waals surface area contributed by atoms with Crippen LogP contribution in [0.4, 0.5) is 4.79 Å². The van der Waals surface area contributed by atoms with Gasteiger partial charge >= 0.3 is 6.03 Å². The summed E-state index contributed by atoms with van der Waals surface area (Å²) in [5.41, 5.74) is 2.24. The highest BCUT2D eigenvalue weighted by Gasteiger charge is 2.21. The molecule has 2 rings (SSSR count). The molecule has 0 aliphatic rings. The number of nitrogens with one attached hydrogen (secondary N) is 1. The number of amides is 2. The first-order chi connectivity index (χ1) is 10.5. The van der Waals surface area contributed by atoms with E-state index in [0.29, 0.717) is 6.54 Å². The zero-order valence-corrected chi connectivity index (χ0v) is 14.4. The third-order valence-corrected chi connectivity index (χ3v) is 5.00. The molecule has 1 atom stereocenters. The molecule has 1 N–H and O–H groups in total. The van der Waals surface area contributed by atoms with Gasteiger partial charge in [0.25, 0.3) is 0 Å². The van der Waals surface area contributed by atoms with E-state index in [2.05, 4.69) is 22.4 Å². The molecule has 2 aromatic rings. The van der Waals surface area contributed by atoms with Crippen LogP contribution in [0.2, 0.25) is 0 Å². The number of aryl methyl sites for hydroxylation is 2. The topological polar surface area (TPSA) is 45.2 Å². The molecule has 0 saturated heterocycles. The van der Waals surface area contributed by atoms with Gasteiger partial charge in [-0.15, -0.1) is 11.3 Å². The van der Waals surface area contributed by atoms with Crippen molar-refractivity contribution in [1.29, 1.82) is 0 Å². The molecule has 0 fully saturated rings. The van der Waals surface area contributed by atoms with Gasteiger partial charge < -0.3 is 10.2 Å². The number of carbonyl (C=O) groups is 1. The first-order valence-electron chi connectivity index (χ1n) is 7.47. The lowest BCUT2D eigenvalue weighted by Gasteiger charge is -2.24. The van der Waals surface area contributed by atoms with E-state index >= 15 is 0 Å². The number of rotatable bonds is 5. The minimum Gasteiger partial charge on any atom is -0.338 e. The summed E-state index contributed by atoms with van der Waals surface area (Å²) in [6.45, 7) is 6.67. The highest BCUT2D eigenvalue weighted by Crippen LogP contribution is 2.28. The summed E-state index contributed by atoms with van der Waals surface area (Å²) in [5, 5.41) is 4.02. The fraction of sp³-hybridized carbons (Fsp3) is 0.412. The maximum atomic E-state index is 12.3. The lowest BCUT2D eigenvalue weighted by molar-refractivity contribution is 0.195. The van der Waals surface area contributed by atoms with Gasteiger partial charge in [-0.3, -0.25) is 0 Å². The van der Waals surface area contributed by atoms with Crippen LogP contribution in [-0.4, -0.2) is 29.5 Å². The highest BCUT2D eigenvalue weighted by molar-refractivity contribution is 7.11. The number of thiazole rings is 1. The summed E-state index contributed by atoms with van der Waals surface area (Å²) in [5.74, 6) is 0. The number of hydrogen-bond acceptors (Lipinski definition) is 3. The summed E-state index contributed by atoms with van der Waals surface area (Å²) < 4.78 is 0. The Kier molecular flexibility index (Phi) is 5.55. The third kappa shape index (κ3) is 4.07. The molecule has 0 unspecified atom stereocenters. The Hall–Kier alpha value is -1.88. The second kappa shape index (κ2) is 7.40. The first kappa shape index (κ1) is 16.5. The molecule has 0 radical (unpaired) electrons. The largest absolute Gasteiger partial charge is 0.338 e. The predicted octanol–water partition coefficient (Wildman–Crippen LogP) is 3.71. The highest BCUT2D eigenvalue weighted by atomic mass is 32.1. The van der Waals surface area contributed by atoms with E-state index < -0.39 is 0 Å². The van der Waals surface area contributed by atoms with Crippen molar-refractivity contribution < 1.29 is 4.79 Å². The van der Waals surface area contributed by atoms with Crippen molar-refractivity contribution in [1.82, 2.24) is 15.2 Å². The van der Waals surface area contributed by atoms with Gasteiger partial charge in [-0.1, -0.05) is 30.3 Å². The fourth-order valence-corrected chi connectivity index (χ4v) is 3.39. The number of hydrogen-bond donors (Lipinski definition) is 1. The Morgan fingerprint density at radius 1 is 1.32 bits per heavy atom. The Balaban J connectivity index is 1.87. The maximum absolute atomic E-state index is 12.3. The maximum Gasteiger partial charge on any atom is 0.317 e. The van der Waals surface area contributed by atoms with Crippen molar-refractivity contribution in [3.05, 3.63) is 51.5 Å². The van der Waals surface area contributed by atoms with Gasteiger partial charge in [-0.2, -0.15) is 0 Å². The van der Waals surface area contributed by atoms with Gasteiger partial charge in [0.2, 0.25) is 0 Å². The molecule has 22 heavy (non-hydrogen) atoms. The van der Waals surface area contributed by atoms with E-state index in [0.717, 1.165) is 22.0 Å². The van der Waals surface area contributed by atoms with Crippen molar-refractivity contribution in [2.75, 3.05) is 13.6 Å². The molecular formula is C17H23N3OS. The zero-order chi connectivity index (χ0) is 16.1. The second-order valence-electron chi connectivity index (χ2n) is 5.44. The van der Waals surface area contributed by atoms with Gasteiger partial charge in [0, 0.05) is 18.5 Å². The Bertz CT molecular complexity index is 624. The number of benzene rings is 1. The van der Waals surface area contributed by atoms with Crippen molar-refractivity contribution >= 4 is 17.4 Å². The smallest absolute Gasteiger partial charge is 0.317 e. The van der Waals surface area contributed by atoms with Crippen LogP contribution in [0, 0.1) is 13.8 Å². The number of nitrogens with zero attached hydrogens (tertiary/aromatic N) is 2. The second-order valence-corrected chi connectivity index (χ2v) is 6.67. The first-order valence-corrected chi connectivity index (χ1v) is 8.29. The zero-order valence-electron chi connectivity index (χ0n) is 13.6. The fourth-order valence-electron chi connectivity index (χ4n) is 2.37. The average Bonchev–Trinajstić information content (AvgIpc) is 2.85. The summed E-state index contributed by atoms with van der Waals surface area (Å²) in [6.07, 6.45) is 0.841. The molecule has 0 saturated carbocycles. The molecule has 5 heteroatoms. The summed E-state index contributed by atoms with van der Waals surface area (Å²) in [6, 6.07) is 10.2. The van der Waals surface area contributed by atoms with Gasteiger partial charge in [0.05, 0.1) is 16.7 Å². The molecule has 0 spiro atoms. The standard InChI is InChI=1S/C17H23N3OS/c1-12-16(22-14(3)19-12)13(2)20(4)17(21)18-11-10-15-8-6-5-7-9-15/h5-9,13H,10-11H2,1-4H3,(H,18,21)/t13-/m1/s1. The summed E-state index contributed by atoms with van der Waals surface area (Å²) >= 11 is 1.66. The monoisotopic (exact) mass is 317 g/mol.